The Labute approximate surface area is 112 Å². The summed E-state index contributed by atoms with van der Waals surface area (Å²) in [7, 11) is 0. The topological polar surface area (TPSA) is 46.5 Å². The monoisotopic (exact) mass is 266 g/mol. The van der Waals surface area contributed by atoms with E-state index in [1.165, 1.54) is 0 Å². The molecule has 0 heterocycles. The number of para-hydroxylation sites is 1. The molecule has 0 atom stereocenters. The number of carboxylic acids is 1. The first-order chi connectivity index (χ1) is 8.65. The zero-order chi connectivity index (χ0) is 13.4. The summed E-state index contributed by atoms with van der Waals surface area (Å²) >= 11 is 1.82. The summed E-state index contributed by atoms with van der Waals surface area (Å²) in [6.45, 7) is 4.71. The van der Waals surface area contributed by atoms with Crippen LogP contribution in [0.1, 0.15) is 18.1 Å². The molecule has 0 radical (unpaired) electrons. The molecule has 1 aromatic rings. The Morgan fingerprint density at radius 1 is 1.50 bits per heavy atom. The smallest absolute Gasteiger partial charge is 0.328 e. The second-order valence-corrected chi connectivity index (χ2v) is 5.10. The van der Waals surface area contributed by atoms with Crippen molar-refractivity contribution in [1.82, 2.24) is 0 Å². The summed E-state index contributed by atoms with van der Waals surface area (Å²) in [6, 6.07) is 5.71. The van der Waals surface area contributed by atoms with Crippen LogP contribution in [0.15, 0.2) is 24.3 Å². The van der Waals surface area contributed by atoms with Crippen molar-refractivity contribution in [3.8, 4) is 5.75 Å². The van der Waals surface area contributed by atoms with E-state index in [-0.39, 0.29) is 0 Å². The summed E-state index contributed by atoms with van der Waals surface area (Å²) in [4.78, 5) is 10.5. The van der Waals surface area contributed by atoms with Gasteiger partial charge < -0.3 is 9.84 Å². The fourth-order valence-electron chi connectivity index (χ4n) is 1.51. The van der Waals surface area contributed by atoms with E-state index in [1.807, 2.05) is 36.9 Å². The number of thioether (sulfide) groups is 1. The maximum atomic E-state index is 10.5. The highest BCUT2D eigenvalue weighted by Crippen LogP contribution is 2.24. The molecular weight excluding hydrogens is 248 g/mol. The number of aliphatic carboxylic acids is 1. The number of rotatable bonds is 7. The predicted molar refractivity (Wildman–Crippen MR) is 76.3 cm³/mol. The summed E-state index contributed by atoms with van der Waals surface area (Å²) in [5, 5.41) is 8.65. The largest absolute Gasteiger partial charge is 0.492 e. The average Bonchev–Trinajstić information content (AvgIpc) is 2.34. The van der Waals surface area contributed by atoms with Gasteiger partial charge >= 0.3 is 5.97 Å². The molecule has 0 saturated heterocycles. The molecular formula is C14H18O3S. The third-order valence-corrected chi connectivity index (χ3v) is 3.19. The predicted octanol–water partition coefficient (Wildman–Crippen LogP) is 3.22. The first-order valence-electron chi connectivity index (χ1n) is 5.86. The molecule has 0 spiro atoms. The van der Waals surface area contributed by atoms with Crippen molar-refractivity contribution in [3.63, 3.8) is 0 Å². The standard InChI is InChI=1S/C14H18O3S/c1-3-18-10-9-17-14-11(2)5-4-6-12(14)7-8-13(15)16/h4-8H,3,9-10H2,1-2H3,(H,15,16)/b8-7+. The maximum Gasteiger partial charge on any atom is 0.328 e. The van der Waals surface area contributed by atoms with Gasteiger partial charge in [0.1, 0.15) is 5.75 Å². The summed E-state index contributed by atoms with van der Waals surface area (Å²) in [6.07, 6.45) is 2.69. The van der Waals surface area contributed by atoms with Crippen LogP contribution >= 0.6 is 11.8 Å². The molecule has 0 fully saturated rings. The van der Waals surface area contributed by atoms with Crippen LogP contribution in [-0.4, -0.2) is 29.2 Å². The fraction of sp³-hybridized carbons (Fsp3) is 0.357. The van der Waals surface area contributed by atoms with Gasteiger partial charge in [-0.2, -0.15) is 11.8 Å². The summed E-state index contributed by atoms with van der Waals surface area (Å²) in [5.41, 5.74) is 1.82. The van der Waals surface area contributed by atoms with Gasteiger partial charge in [0.15, 0.2) is 0 Å². The Hall–Kier alpha value is -1.42. The quantitative estimate of drug-likeness (QED) is 0.608. The van der Waals surface area contributed by atoms with E-state index in [0.717, 1.165) is 34.5 Å². The SMILES string of the molecule is CCSCCOc1c(C)cccc1/C=C/C(=O)O. The fourth-order valence-corrected chi connectivity index (χ4v) is 2.00. The van der Waals surface area contributed by atoms with E-state index in [0.29, 0.717) is 6.61 Å². The van der Waals surface area contributed by atoms with Crippen molar-refractivity contribution in [1.29, 1.82) is 0 Å². The van der Waals surface area contributed by atoms with E-state index >= 15 is 0 Å². The molecule has 1 rings (SSSR count). The lowest BCUT2D eigenvalue weighted by atomic mass is 10.1. The third-order valence-electron chi connectivity index (χ3n) is 2.33. The van der Waals surface area contributed by atoms with Crippen LogP contribution in [-0.2, 0) is 4.79 Å². The lowest BCUT2D eigenvalue weighted by molar-refractivity contribution is -0.131. The molecule has 1 aromatic carbocycles. The van der Waals surface area contributed by atoms with Gasteiger partial charge in [-0.1, -0.05) is 25.1 Å². The number of carbonyl (C=O) groups is 1. The normalized spacial score (nSPS) is 10.8. The van der Waals surface area contributed by atoms with Crippen LogP contribution in [0.5, 0.6) is 5.75 Å². The van der Waals surface area contributed by atoms with Crippen LogP contribution in [0.25, 0.3) is 6.08 Å². The zero-order valence-corrected chi connectivity index (χ0v) is 11.5. The molecule has 0 aliphatic carbocycles. The number of aryl methyl sites for hydroxylation is 1. The van der Waals surface area contributed by atoms with Gasteiger partial charge in [-0.15, -0.1) is 0 Å². The van der Waals surface area contributed by atoms with Crippen LogP contribution in [0.3, 0.4) is 0 Å². The highest BCUT2D eigenvalue weighted by atomic mass is 32.2. The zero-order valence-electron chi connectivity index (χ0n) is 10.7. The summed E-state index contributed by atoms with van der Waals surface area (Å²) < 4.78 is 5.74. The van der Waals surface area contributed by atoms with Crippen molar-refractivity contribution in [3.05, 3.63) is 35.4 Å². The molecule has 4 heteroatoms. The van der Waals surface area contributed by atoms with Crippen molar-refractivity contribution in [2.24, 2.45) is 0 Å². The maximum absolute atomic E-state index is 10.5. The number of hydrogen-bond acceptors (Lipinski definition) is 3. The van der Waals surface area contributed by atoms with Crippen LogP contribution in [0.4, 0.5) is 0 Å². The number of benzene rings is 1. The molecule has 0 aliphatic rings. The van der Waals surface area contributed by atoms with Crippen LogP contribution in [0.2, 0.25) is 0 Å². The Morgan fingerprint density at radius 2 is 2.28 bits per heavy atom. The van der Waals surface area contributed by atoms with Gasteiger partial charge in [-0.3, -0.25) is 0 Å². The Balaban J connectivity index is 2.77. The molecule has 0 aliphatic heterocycles. The number of carboxylic acid groups (broad SMARTS) is 1. The molecule has 18 heavy (non-hydrogen) atoms. The van der Waals surface area contributed by atoms with Crippen molar-refractivity contribution in [2.45, 2.75) is 13.8 Å². The van der Waals surface area contributed by atoms with Gasteiger partial charge in [0, 0.05) is 17.4 Å². The molecule has 0 aromatic heterocycles. The second-order valence-electron chi connectivity index (χ2n) is 3.71. The molecule has 0 unspecified atom stereocenters. The minimum Gasteiger partial charge on any atom is -0.492 e. The van der Waals surface area contributed by atoms with E-state index in [2.05, 4.69) is 6.92 Å². The molecule has 3 nitrogen and oxygen atoms in total. The van der Waals surface area contributed by atoms with Gasteiger partial charge in [-0.05, 0) is 24.3 Å². The molecule has 1 N–H and O–H groups in total. The van der Waals surface area contributed by atoms with Gasteiger partial charge in [0.25, 0.3) is 0 Å². The Morgan fingerprint density at radius 3 is 2.94 bits per heavy atom. The van der Waals surface area contributed by atoms with E-state index in [9.17, 15) is 4.79 Å². The molecule has 0 saturated carbocycles. The van der Waals surface area contributed by atoms with Crippen LogP contribution in [0, 0.1) is 6.92 Å². The van der Waals surface area contributed by atoms with E-state index < -0.39 is 5.97 Å². The minimum absolute atomic E-state index is 0.636. The number of hydrogen-bond donors (Lipinski definition) is 1. The molecule has 0 bridgehead atoms. The lowest BCUT2D eigenvalue weighted by Gasteiger charge is -2.11. The first-order valence-corrected chi connectivity index (χ1v) is 7.01. The highest BCUT2D eigenvalue weighted by molar-refractivity contribution is 7.99. The second kappa shape index (κ2) is 7.82. The van der Waals surface area contributed by atoms with E-state index in [4.69, 9.17) is 9.84 Å². The average molecular weight is 266 g/mol. The molecule has 0 amide bonds. The van der Waals surface area contributed by atoms with E-state index in [1.54, 1.807) is 6.08 Å². The van der Waals surface area contributed by atoms with Crippen molar-refractivity contribution < 1.29 is 14.6 Å². The van der Waals surface area contributed by atoms with Gasteiger partial charge in [0.2, 0.25) is 0 Å². The Kier molecular flexibility index (Phi) is 6.36. The minimum atomic E-state index is -0.955. The lowest BCUT2D eigenvalue weighted by Crippen LogP contribution is -2.03. The first kappa shape index (κ1) is 14.6. The third kappa shape index (κ3) is 4.84. The Bertz CT molecular complexity index is 427. The van der Waals surface area contributed by atoms with Crippen molar-refractivity contribution in [2.75, 3.05) is 18.1 Å². The summed E-state index contributed by atoms with van der Waals surface area (Å²) in [5.74, 6) is 1.83. The van der Waals surface area contributed by atoms with Crippen LogP contribution < -0.4 is 4.74 Å². The highest BCUT2D eigenvalue weighted by Gasteiger charge is 2.04. The number of ether oxygens (including phenoxy) is 1. The van der Waals surface area contributed by atoms with Crippen molar-refractivity contribution >= 4 is 23.8 Å². The molecule has 98 valence electrons. The van der Waals surface area contributed by atoms with Gasteiger partial charge in [0.05, 0.1) is 6.61 Å². The van der Waals surface area contributed by atoms with Gasteiger partial charge in [-0.25, -0.2) is 4.79 Å².